The minimum absolute atomic E-state index is 0.00688. The predicted octanol–water partition coefficient (Wildman–Crippen LogP) is 1.89. The molecule has 0 atom stereocenters. The van der Waals surface area contributed by atoms with Crippen LogP contribution in [0.1, 0.15) is 17.5 Å². The van der Waals surface area contributed by atoms with Crippen LogP contribution >= 0.6 is 0 Å². The number of rotatable bonds is 4. The molecule has 0 aliphatic carbocycles. The van der Waals surface area contributed by atoms with Crippen molar-refractivity contribution in [1.29, 1.82) is 0 Å². The Morgan fingerprint density at radius 1 is 1.50 bits per heavy atom. The van der Waals surface area contributed by atoms with Crippen molar-refractivity contribution in [3.05, 3.63) is 29.3 Å². The molecule has 0 amide bonds. The van der Waals surface area contributed by atoms with Crippen LogP contribution in [0.2, 0.25) is 0 Å². The van der Waals surface area contributed by atoms with E-state index >= 15 is 0 Å². The summed E-state index contributed by atoms with van der Waals surface area (Å²) in [7, 11) is 0. The van der Waals surface area contributed by atoms with Gasteiger partial charge in [0.2, 0.25) is 0 Å². The highest BCUT2D eigenvalue weighted by atomic mass is 16.5. The van der Waals surface area contributed by atoms with Crippen molar-refractivity contribution in [1.82, 2.24) is 0 Å². The Kier molecular flexibility index (Phi) is 4.03. The Labute approximate surface area is 84.5 Å². The van der Waals surface area contributed by atoms with E-state index in [0.717, 1.165) is 11.1 Å². The summed E-state index contributed by atoms with van der Waals surface area (Å²) in [5.41, 5.74) is 1.92. The summed E-state index contributed by atoms with van der Waals surface area (Å²) in [6.07, 6.45) is 5.69. The summed E-state index contributed by atoms with van der Waals surface area (Å²) in [5, 5.41) is 9.08. The Morgan fingerprint density at radius 3 is 2.93 bits per heavy atom. The number of aryl methyl sites for hydroxylation is 1. The number of aliphatic hydroxyl groups is 1. The quantitative estimate of drug-likeness (QED) is 0.580. The highest BCUT2D eigenvalue weighted by Crippen LogP contribution is 2.19. The smallest absolute Gasteiger partial charge is 0.124 e. The van der Waals surface area contributed by atoms with Crippen LogP contribution in [-0.2, 0) is 6.61 Å². The number of aliphatic hydroxyl groups excluding tert-OH is 1. The SMILES string of the molecule is C#CCCOc1ccc(C)cc1CO. The van der Waals surface area contributed by atoms with E-state index in [-0.39, 0.29) is 6.61 Å². The third-order valence-corrected chi connectivity index (χ3v) is 1.89. The van der Waals surface area contributed by atoms with Crippen molar-refractivity contribution in [3.8, 4) is 18.1 Å². The molecule has 1 aromatic carbocycles. The van der Waals surface area contributed by atoms with Gasteiger partial charge in [0.1, 0.15) is 5.75 Å². The molecular formula is C12H14O2. The van der Waals surface area contributed by atoms with Gasteiger partial charge in [-0.1, -0.05) is 17.7 Å². The zero-order chi connectivity index (χ0) is 10.4. The predicted molar refractivity (Wildman–Crippen MR) is 56.0 cm³/mol. The second-order valence-corrected chi connectivity index (χ2v) is 3.07. The van der Waals surface area contributed by atoms with Crippen molar-refractivity contribution in [2.45, 2.75) is 20.0 Å². The molecule has 0 saturated heterocycles. The van der Waals surface area contributed by atoms with Gasteiger partial charge in [-0.2, -0.15) is 0 Å². The second kappa shape index (κ2) is 5.31. The van der Waals surface area contributed by atoms with E-state index in [4.69, 9.17) is 16.3 Å². The summed E-state index contributed by atoms with van der Waals surface area (Å²) in [6.45, 7) is 2.46. The number of hydrogen-bond acceptors (Lipinski definition) is 2. The van der Waals surface area contributed by atoms with E-state index in [0.29, 0.717) is 18.8 Å². The minimum Gasteiger partial charge on any atom is -0.492 e. The zero-order valence-corrected chi connectivity index (χ0v) is 8.29. The Hall–Kier alpha value is -1.46. The highest BCUT2D eigenvalue weighted by Gasteiger charge is 2.01. The zero-order valence-electron chi connectivity index (χ0n) is 8.29. The fraction of sp³-hybridized carbons (Fsp3) is 0.333. The molecule has 14 heavy (non-hydrogen) atoms. The summed E-state index contributed by atoms with van der Waals surface area (Å²) >= 11 is 0. The van der Waals surface area contributed by atoms with Crippen LogP contribution in [0.3, 0.4) is 0 Å². The van der Waals surface area contributed by atoms with Crippen LogP contribution in [0.15, 0.2) is 18.2 Å². The number of terminal acetylenes is 1. The average molecular weight is 190 g/mol. The standard InChI is InChI=1S/C12H14O2/c1-3-4-7-14-12-6-5-10(2)8-11(12)9-13/h1,5-6,8,13H,4,7,9H2,2H3. The summed E-state index contributed by atoms with van der Waals surface area (Å²) < 4.78 is 5.42. The molecule has 1 N–H and O–H groups in total. The maximum Gasteiger partial charge on any atom is 0.124 e. The molecule has 1 aromatic rings. The third-order valence-electron chi connectivity index (χ3n) is 1.89. The van der Waals surface area contributed by atoms with Gasteiger partial charge in [-0.05, 0) is 13.0 Å². The van der Waals surface area contributed by atoms with Crippen molar-refractivity contribution in [2.24, 2.45) is 0 Å². The topological polar surface area (TPSA) is 29.5 Å². The van der Waals surface area contributed by atoms with Crippen LogP contribution in [0.25, 0.3) is 0 Å². The van der Waals surface area contributed by atoms with Gasteiger partial charge in [-0.15, -0.1) is 12.3 Å². The molecule has 0 saturated carbocycles. The van der Waals surface area contributed by atoms with Crippen molar-refractivity contribution in [2.75, 3.05) is 6.61 Å². The van der Waals surface area contributed by atoms with Crippen molar-refractivity contribution < 1.29 is 9.84 Å². The van der Waals surface area contributed by atoms with Crippen molar-refractivity contribution in [3.63, 3.8) is 0 Å². The van der Waals surface area contributed by atoms with E-state index in [2.05, 4.69) is 5.92 Å². The first-order valence-corrected chi connectivity index (χ1v) is 4.54. The molecule has 0 aliphatic rings. The summed E-state index contributed by atoms with van der Waals surface area (Å²) in [6, 6.07) is 5.72. The van der Waals surface area contributed by atoms with Crippen LogP contribution < -0.4 is 4.74 Å². The molecule has 0 heterocycles. The lowest BCUT2D eigenvalue weighted by Crippen LogP contribution is -1.99. The van der Waals surface area contributed by atoms with Crippen LogP contribution in [0.4, 0.5) is 0 Å². The van der Waals surface area contributed by atoms with Gasteiger partial charge in [0.15, 0.2) is 0 Å². The molecule has 2 nitrogen and oxygen atoms in total. The maximum atomic E-state index is 9.08. The van der Waals surface area contributed by atoms with Crippen LogP contribution in [0.5, 0.6) is 5.75 Å². The van der Waals surface area contributed by atoms with Gasteiger partial charge < -0.3 is 9.84 Å². The molecule has 0 radical (unpaired) electrons. The molecule has 0 fully saturated rings. The van der Waals surface area contributed by atoms with Gasteiger partial charge in [-0.3, -0.25) is 0 Å². The molecule has 1 rings (SSSR count). The molecular weight excluding hydrogens is 176 g/mol. The lowest BCUT2D eigenvalue weighted by Gasteiger charge is -2.09. The highest BCUT2D eigenvalue weighted by molar-refractivity contribution is 5.36. The Bertz CT molecular complexity index is 337. The van der Waals surface area contributed by atoms with Gasteiger partial charge in [0, 0.05) is 12.0 Å². The molecule has 0 aromatic heterocycles. The normalized spacial score (nSPS) is 9.50. The number of hydrogen-bond donors (Lipinski definition) is 1. The first-order valence-electron chi connectivity index (χ1n) is 4.54. The lowest BCUT2D eigenvalue weighted by atomic mass is 10.1. The van der Waals surface area contributed by atoms with E-state index in [1.54, 1.807) is 0 Å². The number of benzene rings is 1. The summed E-state index contributed by atoms with van der Waals surface area (Å²) in [5.74, 6) is 3.22. The molecule has 74 valence electrons. The van der Waals surface area contributed by atoms with Gasteiger partial charge in [0.05, 0.1) is 13.2 Å². The van der Waals surface area contributed by atoms with E-state index < -0.39 is 0 Å². The molecule has 2 heteroatoms. The number of ether oxygens (including phenoxy) is 1. The summed E-state index contributed by atoms with van der Waals surface area (Å²) in [4.78, 5) is 0. The average Bonchev–Trinajstić information content (AvgIpc) is 2.20. The molecule has 0 spiro atoms. The Balaban J connectivity index is 2.71. The van der Waals surface area contributed by atoms with E-state index in [1.807, 2.05) is 25.1 Å². The third kappa shape index (κ3) is 2.79. The van der Waals surface area contributed by atoms with E-state index in [9.17, 15) is 0 Å². The first kappa shape index (κ1) is 10.6. The monoisotopic (exact) mass is 190 g/mol. The van der Waals surface area contributed by atoms with E-state index in [1.165, 1.54) is 0 Å². The Morgan fingerprint density at radius 2 is 2.29 bits per heavy atom. The van der Waals surface area contributed by atoms with Gasteiger partial charge in [0.25, 0.3) is 0 Å². The minimum atomic E-state index is -0.00688. The van der Waals surface area contributed by atoms with Gasteiger partial charge >= 0.3 is 0 Å². The van der Waals surface area contributed by atoms with Crippen LogP contribution in [-0.4, -0.2) is 11.7 Å². The first-order chi connectivity index (χ1) is 6.77. The lowest BCUT2D eigenvalue weighted by molar-refractivity contribution is 0.264. The molecule has 0 unspecified atom stereocenters. The largest absolute Gasteiger partial charge is 0.492 e. The molecule has 0 aliphatic heterocycles. The van der Waals surface area contributed by atoms with Crippen molar-refractivity contribution >= 4 is 0 Å². The second-order valence-electron chi connectivity index (χ2n) is 3.07. The van der Waals surface area contributed by atoms with Gasteiger partial charge in [-0.25, -0.2) is 0 Å². The fourth-order valence-corrected chi connectivity index (χ4v) is 1.19. The maximum absolute atomic E-state index is 9.08. The fourth-order valence-electron chi connectivity index (χ4n) is 1.19. The molecule has 0 bridgehead atoms. The van der Waals surface area contributed by atoms with Crippen LogP contribution in [0, 0.1) is 19.3 Å².